The number of halogens is 4. The summed E-state index contributed by atoms with van der Waals surface area (Å²) in [4.78, 5) is 0. The molecule has 1 aromatic carbocycles. The van der Waals surface area contributed by atoms with Crippen molar-refractivity contribution in [1.29, 1.82) is 0 Å². The first-order valence-electron chi connectivity index (χ1n) is 6.73. The Morgan fingerprint density at radius 1 is 1.20 bits per heavy atom. The zero-order valence-corrected chi connectivity index (χ0v) is 11.4. The number of nitrogens with two attached hydrogens (primary N) is 1. The number of hydrazine groups is 1. The second kappa shape index (κ2) is 7.59. The van der Waals surface area contributed by atoms with Crippen LogP contribution in [0.3, 0.4) is 0 Å². The van der Waals surface area contributed by atoms with Gasteiger partial charge in [-0.15, -0.1) is 0 Å². The van der Waals surface area contributed by atoms with Crippen LogP contribution in [0, 0.1) is 5.82 Å². The molecule has 0 aromatic heterocycles. The molecule has 0 spiro atoms. The lowest BCUT2D eigenvalue weighted by atomic mass is 9.99. The van der Waals surface area contributed by atoms with Gasteiger partial charge in [0.15, 0.2) is 0 Å². The summed E-state index contributed by atoms with van der Waals surface area (Å²) < 4.78 is 50.9. The lowest BCUT2D eigenvalue weighted by Crippen LogP contribution is -2.28. The average molecular weight is 292 g/mol. The summed E-state index contributed by atoms with van der Waals surface area (Å²) in [6, 6.07) is 2.62. The lowest BCUT2D eigenvalue weighted by molar-refractivity contribution is -0.140. The molecule has 0 fully saturated rings. The molecule has 6 heteroatoms. The van der Waals surface area contributed by atoms with Crippen LogP contribution in [0.15, 0.2) is 18.2 Å². The van der Waals surface area contributed by atoms with Gasteiger partial charge in [-0.1, -0.05) is 38.7 Å². The molecule has 1 atom stereocenters. The fraction of sp³-hybridized carbons (Fsp3) is 0.571. The van der Waals surface area contributed by atoms with Crippen molar-refractivity contribution < 1.29 is 17.6 Å². The topological polar surface area (TPSA) is 38.0 Å². The van der Waals surface area contributed by atoms with Gasteiger partial charge < -0.3 is 0 Å². The van der Waals surface area contributed by atoms with E-state index in [4.69, 9.17) is 5.84 Å². The minimum Gasteiger partial charge on any atom is -0.271 e. The third kappa shape index (κ3) is 4.76. The number of alkyl halides is 3. The highest BCUT2D eigenvalue weighted by atomic mass is 19.4. The Morgan fingerprint density at radius 3 is 2.40 bits per heavy atom. The molecule has 2 nitrogen and oxygen atoms in total. The standard InChI is InChI=1S/C14H20F4N2/c1-2-3-4-5-6-13(20-19)10-7-8-11(12(15)9-10)14(16,17)18/h7-9,13,20H,2-6,19H2,1H3. The first kappa shape index (κ1) is 16.9. The highest BCUT2D eigenvalue weighted by Gasteiger charge is 2.34. The van der Waals surface area contributed by atoms with Crippen LogP contribution >= 0.6 is 0 Å². The van der Waals surface area contributed by atoms with Crippen LogP contribution in [-0.2, 0) is 6.18 Å². The molecule has 0 aliphatic heterocycles. The average Bonchev–Trinajstić information content (AvgIpc) is 2.37. The van der Waals surface area contributed by atoms with Crippen molar-refractivity contribution >= 4 is 0 Å². The maximum Gasteiger partial charge on any atom is 0.419 e. The van der Waals surface area contributed by atoms with Gasteiger partial charge in [0, 0.05) is 6.04 Å². The van der Waals surface area contributed by atoms with Gasteiger partial charge in [0.1, 0.15) is 5.82 Å². The second-order valence-corrected chi connectivity index (χ2v) is 4.81. The maximum atomic E-state index is 13.5. The SMILES string of the molecule is CCCCCCC(NN)c1ccc(C(F)(F)F)c(F)c1. The number of benzene rings is 1. The van der Waals surface area contributed by atoms with Crippen LogP contribution in [0.5, 0.6) is 0 Å². The molecule has 0 aliphatic carbocycles. The normalized spacial score (nSPS) is 13.5. The molecule has 0 heterocycles. The highest BCUT2D eigenvalue weighted by molar-refractivity contribution is 5.28. The highest BCUT2D eigenvalue weighted by Crippen LogP contribution is 2.32. The van der Waals surface area contributed by atoms with E-state index in [1.165, 1.54) is 6.07 Å². The number of hydrogen-bond acceptors (Lipinski definition) is 2. The molecule has 1 unspecified atom stereocenters. The van der Waals surface area contributed by atoms with E-state index in [2.05, 4.69) is 12.3 Å². The van der Waals surface area contributed by atoms with Crippen molar-refractivity contribution in [3.63, 3.8) is 0 Å². The Hall–Kier alpha value is -1.14. The monoisotopic (exact) mass is 292 g/mol. The molecule has 0 saturated carbocycles. The molecule has 0 bridgehead atoms. The van der Waals surface area contributed by atoms with Gasteiger partial charge in [-0.25, -0.2) is 4.39 Å². The lowest BCUT2D eigenvalue weighted by Gasteiger charge is -2.17. The summed E-state index contributed by atoms with van der Waals surface area (Å²) in [6.45, 7) is 2.09. The van der Waals surface area contributed by atoms with Crippen LogP contribution in [0.1, 0.15) is 56.2 Å². The predicted molar refractivity (Wildman–Crippen MR) is 70.2 cm³/mol. The predicted octanol–water partition coefficient (Wildman–Crippen LogP) is 4.32. The van der Waals surface area contributed by atoms with Gasteiger partial charge >= 0.3 is 6.18 Å². The largest absolute Gasteiger partial charge is 0.419 e. The van der Waals surface area contributed by atoms with Crippen LogP contribution in [0.2, 0.25) is 0 Å². The zero-order valence-electron chi connectivity index (χ0n) is 11.4. The van der Waals surface area contributed by atoms with Gasteiger partial charge in [0.2, 0.25) is 0 Å². The van der Waals surface area contributed by atoms with Gasteiger partial charge in [-0.2, -0.15) is 13.2 Å². The van der Waals surface area contributed by atoms with E-state index < -0.39 is 17.6 Å². The molecule has 0 aliphatic rings. The summed E-state index contributed by atoms with van der Waals surface area (Å²) in [5, 5.41) is 0. The Morgan fingerprint density at radius 2 is 1.90 bits per heavy atom. The van der Waals surface area contributed by atoms with E-state index in [-0.39, 0.29) is 6.04 Å². The number of hydrogen-bond donors (Lipinski definition) is 2. The van der Waals surface area contributed by atoms with Crippen LogP contribution in [0.25, 0.3) is 0 Å². The third-order valence-electron chi connectivity index (χ3n) is 3.25. The second-order valence-electron chi connectivity index (χ2n) is 4.81. The van der Waals surface area contributed by atoms with Gasteiger partial charge in [-0.05, 0) is 24.1 Å². The quantitative estimate of drug-likeness (QED) is 0.340. The number of unbranched alkanes of at least 4 members (excludes halogenated alkanes) is 3. The fourth-order valence-electron chi connectivity index (χ4n) is 2.10. The molecule has 20 heavy (non-hydrogen) atoms. The molecular formula is C14H20F4N2. The van der Waals surface area contributed by atoms with E-state index >= 15 is 0 Å². The fourth-order valence-corrected chi connectivity index (χ4v) is 2.10. The Balaban J connectivity index is 2.76. The molecule has 1 aromatic rings. The third-order valence-corrected chi connectivity index (χ3v) is 3.25. The Kier molecular flexibility index (Phi) is 6.42. The van der Waals surface area contributed by atoms with Crippen LogP contribution in [0.4, 0.5) is 17.6 Å². The van der Waals surface area contributed by atoms with Crippen LogP contribution < -0.4 is 11.3 Å². The minimum atomic E-state index is -4.67. The molecule has 114 valence electrons. The van der Waals surface area contributed by atoms with Crippen molar-refractivity contribution in [3.05, 3.63) is 35.1 Å². The van der Waals surface area contributed by atoms with Crippen molar-refractivity contribution in [2.45, 2.75) is 51.2 Å². The van der Waals surface area contributed by atoms with Crippen molar-refractivity contribution in [2.75, 3.05) is 0 Å². The maximum absolute atomic E-state index is 13.5. The van der Waals surface area contributed by atoms with Gasteiger partial charge in [0.05, 0.1) is 5.56 Å². The Labute approximate surface area is 116 Å². The van der Waals surface area contributed by atoms with E-state index in [0.717, 1.165) is 37.8 Å². The summed E-state index contributed by atoms with van der Waals surface area (Å²) in [5.41, 5.74) is 1.72. The number of nitrogens with one attached hydrogen (secondary N) is 1. The molecule has 0 saturated heterocycles. The smallest absolute Gasteiger partial charge is 0.271 e. The van der Waals surface area contributed by atoms with Crippen LogP contribution in [-0.4, -0.2) is 0 Å². The number of rotatable bonds is 7. The van der Waals surface area contributed by atoms with E-state index in [9.17, 15) is 17.6 Å². The van der Waals surface area contributed by atoms with E-state index in [0.29, 0.717) is 12.0 Å². The van der Waals surface area contributed by atoms with E-state index in [1.807, 2.05) is 0 Å². The van der Waals surface area contributed by atoms with Crippen molar-refractivity contribution in [2.24, 2.45) is 5.84 Å². The zero-order chi connectivity index (χ0) is 15.2. The summed E-state index contributed by atoms with van der Waals surface area (Å²) in [7, 11) is 0. The summed E-state index contributed by atoms with van der Waals surface area (Å²) >= 11 is 0. The molecule has 3 N–H and O–H groups in total. The van der Waals surface area contributed by atoms with E-state index in [1.54, 1.807) is 0 Å². The molecule has 1 rings (SSSR count). The van der Waals surface area contributed by atoms with Crippen molar-refractivity contribution in [3.8, 4) is 0 Å². The first-order valence-corrected chi connectivity index (χ1v) is 6.73. The van der Waals surface area contributed by atoms with Gasteiger partial charge in [-0.3, -0.25) is 11.3 Å². The molecule has 0 radical (unpaired) electrons. The van der Waals surface area contributed by atoms with Gasteiger partial charge in [0.25, 0.3) is 0 Å². The minimum absolute atomic E-state index is 0.330. The first-order chi connectivity index (χ1) is 9.40. The Bertz CT molecular complexity index is 418. The molecule has 0 amide bonds. The van der Waals surface area contributed by atoms with Crippen molar-refractivity contribution in [1.82, 2.24) is 5.43 Å². The summed E-state index contributed by atoms with van der Waals surface area (Å²) in [5.74, 6) is 4.14. The summed E-state index contributed by atoms with van der Waals surface area (Å²) in [6.07, 6.45) is 0.105. The molecular weight excluding hydrogens is 272 g/mol.